The van der Waals surface area contributed by atoms with Crippen LogP contribution in [-0.2, 0) is 4.79 Å². The second-order valence-electron chi connectivity index (χ2n) is 5.10. The molecule has 0 bridgehead atoms. The fourth-order valence-electron chi connectivity index (χ4n) is 1.98. The van der Waals surface area contributed by atoms with Crippen LogP contribution in [0, 0.1) is 0 Å². The number of nitrogens with one attached hydrogen (secondary N) is 3. The normalized spacial score (nSPS) is 11.4. The van der Waals surface area contributed by atoms with Crippen LogP contribution in [0.15, 0.2) is 41.8 Å². The summed E-state index contributed by atoms with van der Waals surface area (Å²) in [6.07, 6.45) is 0. The zero-order chi connectivity index (χ0) is 17.5. The predicted molar refractivity (Wildman–Crippen MR) is 94.3 cm³/mol. The van der Waals surface area contributed by atoms with Crippen LogP contribution in [0.5, 0.6) is 0 Å². The van der Waals surface area contributed by atoms with Crippen LogP contribution in [0.25, 0.3) is 0 Å². The SMILES string of the molecule is CCNC(=O)[C@@H](C)NC(=O)c1ccc(NC(=O)c2cccs2)cc1. The lowest BCUT2D eigenvalue weighted by Crippen LogP contribution is -2.44. The summed E-state index contributed by atoms with van der Waals surface area (Å²) in [6, 6.07) is 9.44. The van der Waals surface area contributed by atoms with Crippen molar-refractivity contribution >= 4 is 34.7 Å². The highest BCUT2D eigenvalue weighted by molar-refractivity contribution is 7.12. The number of anilines is 1. The van der Waals surface area contributed by atoms with Gasteiger partial charge >= 0.3 is 0 Å². The maximum absolute atomic E-state index is 12.1. The molecular formula is C17H19N3O3S. The van der Waals surface area contributed by atoms with Crippen molar-refractivity contribution in [2.24, 2.45) is 0 Å². The lowest BCUT2D eigenvalue weighted by atomic mass is 10.1. The van der Waals surface area contributed by atoms with Crippen molar-refractivity contribution in [2.75, 3.05) is 11.9 Å². The lowest BCUT2D eigenvalue weighted by Gasteiger charge is -2.13. The van der Waals surface area contributed by atoms with Gasteiger partial charge in [0, 0.05) is 17.8 Å². The number of benzene rings is 1. The molecule has 3 amide bonds. The molecule has 0 spiro atoms. The number of hydrogen-bond donors (Lipinski definition) is 3. The topological polar surface area (TPSA) is 87.3 Å². The number of thiophene rings is 1. The van der Waals surface area contributed by atoms with E-state index in [0.717, 1.165) is 0 Å². The Kier molecular flexibility index (Phi) is 6.08. The molecule has 1 heterocycles. The number of amides is 3. The highest BCUT2D eigenvalue weighted by atomic mass is 32.1. The molecule has 1 aromatic heterocycles. The molecule has 0 aliphatic rings. The van der Waals surface area contributed by atoms with Gasteiger partial charge < -0.3 is 16.0 Å². The van der Waals surface area contributed by atoms with Gasteiger partial charge in [-0.05, 0) is 49.6 Å². The Labute approximate surface area is 144 Å². The van der Waals surface area contributed by atoms with E-state index in [1.807, 2.05) is 18.4 Å². The summed E-state index contributed by atoms with van der Waals surface area (Å²) in [6.45, 7) is 3.95. The quantitative estimate of drug-likeness (QED) is 0.750. The van der Waals surface area contributed by atoms with Gasteiger partial charge in [-0.1, -0.05) is 6.07 Å². The van der Waals surface area contributed by atoms with Gasteiger partial charge in [0.25, 0.3) is 11.8 Å². The van der Waals surface area contributed by atoms with Gasteiger partial charge in [0.05, 0.1) is 4.88 Å². The van der Waals surface area contributed by atoms with Crippen molar-refractivity contribution in [1.29, 1.82) is 0 Å². The molecular weight excluding hydrogens is 326 g/mol. The fraction of sp³-hybridized carbons (Fsp3) is 0.235. The standard InChI is InChI=1S/C17H19N3O3S/c1-3-18-15(21)11(2)19-16(22)12-6-8-13(9-7-12)20-17(23)14-5-4-10-24-14/h4-11H,3H2,1-2H3,(H,18,21)(H,19,22)(H,20,23)/t11-/m1/s1. The zero-order valence-corrected chi connectivity index (χ0v) is 14.3. The average Bonchev–Trinajstić information content (AvgIpc) is 3.10. The third kappa shape index (κ3) is 4.66. The molecule has 24 heavy (non-hydrogen) atoms. The molecule has 0 unspecified atom stereocenters. The predicted octanol–water partition coefficient (Wildman–Crippen LogP) is 2.25. The maximum atomic E-state index is 12.1. The Morgan fingerprint density at radius 3 is 2.38 bits per heavy atom. The van der Waals surface area contributed by atoms with E-state index in [1.165, 1.54) is 11.3 Å². The summed E-state index contributed by atoms with van der Waals surface area (Å²) in [5, 5.41) is 9.87. The first-order valence-corrected chi connectivity index (χ1v) is 8.42. The van der Waals surface area contributed by atoms with Crippen molar-refractivity contribution in [1.82, 2.24) is 10.6 Å². The van der Waals surface area contributed by atoms with Crippen LogP contribution < -0.4 is 16.0 Å². The van der Waals surface area contributed by atoms with E-state index in [2.05, 4.69) is 16.0 Å². The van der Waals surface area contributed by atoms with Crippen LogP contribution in [0.4, 0.5) is 5.69 Å². The number of carbonyl (C=O) groups excluding carboxylic acids is 3. The Morgan fingerprint density at radius 2 is 1.79 bits per heavy atom. The van der Waals surface area contributed by atoms with E-state index >= 15 is 0 Å². The molecule has 0 aliphatic carbocycles. The first kappa shape index (κ1) is 17.7. The maximum Gasteiger partial charge on any atom is 0.265 e. The van der Waals surface area contributed by atoms with Crippen molar-refractivity contribution in [3.8, 4) is 0 Å². The van der Waals surface area contributed by atoms with Crippen LogP contribution in [0.1, 0.15) is 33.9 Å². The molecule has 1 atom stereocenters. The zero-order valence-electron chi connectivity index (χ0n) is 13.5. The van der Waals surface area contributed by atoms with Gasteiger partial charge in [0.15, 0.2) is 0 Å². The summed E-state index contributed by atoms with van der Waals surface area (Å²) >= 11 is 1.36. The summed E-state index contributed by atoms with van der Waals surface area (Å²) in [7, 11) is 0. The molecule has 6 nitrogen and oxygen atoms in total. The minimum absolute atomic E-state index is 0.188. The van der Waals surface area contributed by atoms with E-state index in [9.17, 15) is 14.4 Å². The summed E-state index contributed by atoms with van der Waals surface area (Å²) in [5.74, 6) is -0.761. The van der Waals surface area contributed by atoms with E-state index in [-0.39, 0.29) is 17.7 Å². The minimum Gasteiger partial charge on any atom is -0.355 e. The first-order valence-electron chi connectivity index (χ1n) is 7.54. The average molecular weight is 345 g/mol. The van der Waals surface area contributed by atoms with E-state index in [0.29, 0.717) is 22.7 Å². The third-order valence-electron chi connectivity index (χ3n) is 3.24. The molecule has 0 fully saturated rings. The molecule has 3 N–H and O–H groups in total. The number of hydrogen-bond acceptors (Lipinski definition) is 4. The van der Waals surface area contributed by atoms with E-state index < -0.39 is 6.04 Å². The smallest absolute Gasteiger partial charge is 0.265 e. The molecule has 7 heteroatoms. The second kappa shape index (κ2) is 8.26. The van der Waals surface area contributed by atoms with Gasteiger partial charge in [-0.2, -0.15) is 0 Å². The van der Waals surface area contributed by atoms with E-state index in [1.54, 1.807) is 37.3 Å². The van der Waals surface area contributed by atoms with Crippen molar-refractivity contribution in [3.05, 3.63) is 52.2 Å². The van der Waals surface area contributed by atoms with Crippen molar-refractivity contribution in [2.45, 2.75) is 19.9 Å². The minimum atomic E-state index is -0.615. The second-order valence-corrected chi connectivity index (χ2v) is 6.05. The van der Waals surface area contributed by atoms with Crippen LogP contribution in [0.3, 0.4) is 0 Å². The van der Waals surface area contributed by atoms with Gasteiger partial charge in [0.1, 0.15) is 6.04 Å². The molecule has 126 valence electrons. The Balaban J connectivity index is 1.95. The lowest BCUT2D eigenvalue weighted by molar-refractivity contribution is -0.122. The Bertz CT molecular complexity index is 711. The third-order valence-corrected chi connectivity index (χ3v) is 4.11. The van der Waals surface area contributed by atoms with Crippen LogP contribution in [-0.4, -0.2) is 30.3 Å². The summed E-state index contributed by atoms with van der Waals surface area (Å²) < 4.78 is 0. The van der Waals surface area contributed by atoms with Gasteiger partial charge in [-0.3, -0.25) is 14.4 Å². The molecule has 2 aromatic rings. The van der Waals surface area contributed by atoms with Crippen molar-refractivity contribution in [3.63, 3.8) is 0 Å². The van der Waals surface area contributed by atoms with E-state index in [4.69, 9.17) is 0 Å². The molecule has 0 radical (unpaired) electrons. The Morgan fingerprint density at radius 1 is 1.08 bits per heavy atom. The highest BCUT2D eigenvalue weighted by Gasteiger charge is 2.16. The molecule has 0 saturated heterocycles. The summed E-state index contributed by atoms with van der Waals surface area (Å²) in [4.78, 5) is 36.3. The van der Waals surface area contributed by atoms with Crippen LogP contribution in [0.2, 0.25) is 0 Å². The van der Waals surface area contributed by atoms with Gasteiger partial charge in [-0.15, -0.1) is 11.3 Å². The van der Waals surface area contributed by atoms with Crippen molar-refractivity contribution < 1.29 is 14.4 Å². The fourth-order valence-corrected chi connectivity index (χ4v) is 2.60. The van der Waals surface area contributed by atoms with Crippen LogP contribution >= 0.6 is 11.3 Å². The monoisotopic (exact) mass is 345 g/mol. The molecule has 2 rings (SSSR count). The van der Waals surface area contributed by atoms with Gasteiger partial charge in [-0.25, -0.2) is 0 Å². The number of carbonyl (C=O) groups is 3. The highest BCUT2D eigenvalue weighted by Crippen LogP contribution is 2.14. The van der Waals surface area contributed by atoms with Gasteiger partial charge in [0.2, 0.25) is 5.91 Å². The number of likely N-dealkylation sites (N-methyl/N-ethyl adjacent to an activating group) is 1. The molecule has 0 saturated carbocycles. The molecule has 1 aromatic carbocycles. The summed E-state index contributed by atoms with van der Waals surface area (Å²) in [5.41, 5.74) is 1.02. The first-order chi connectivity index (χ1) is 11.5. The largest absolute Gasteiger partial charge is 0.355 e. The number of rotatable bonds is 6. The molecule has 0 aliphatic heterocycles. The Hall–Kier alpha value is -2.67.